The van der Waals surface area contributed by atoms with E-state index in [1.165, 1.54) is 7.11 Å². The average molecular weight is 358 g/mol. The summed E-state index contributed by atoms with van der Waals surface area (Å²) in [5.74, 6) is -0.0675. The van der Waals surface area contributed by atoms with Crippen LogP contribution in [0.4, 0.5) is 0 Å². The summed E-state index contributed by atoms with van der Waals surface area (Å²) in [6.07, 6.45) is 9.16. The largest absolute Gasteiger partial charge is 0.472 e. The van der Waals surface area contributed by atoms with Gasteiger partial charge < -0.3 is 13.9 Å². The summed E-state index contributed by atoms with van der Waals surface area (Å²) in [7, 11) is 1.43. The summed E-state index contributed by atoms with van der Waals surface area (Å²) in [5, 5.41) is 0. The number of hydrogen-bond donors (Lipinski definition) is 0. The van der Waals surface area contributed by atoms with Crippen molar-refractivity contribution in [2.45, 2.75) is 52.1 Å². The van der Waals surface area contributed by atoms with Gasteiger partial charge in [0.25, 0.3) is 0 Å². The fraction of sp³-hybridized carbons (Fsp3) is 0.619. The zero-order valence-electron chi connectivity index (χ0n) is 15.6. The fourth-order valence-corrected chi connectivity index (χ4v) is 5.81. The lowest BCUT2D eigenvalue weighted by molar-refractivity contribution is -0.163. The van der Waals surface area contributed by atoms with Gasteiger partial charge in [-0.2, -0.15) is 0 Å². The van der Waals surface area contributed by atoms with E-state index in [1.807, 2.05) is 12.1 Å². The molecule has 1 spiro atoms. The molecule has 2 heterocycles. The lowest BCUT2D eigenvalue weighted by atomic mass is 9.46. The minimum atomic E-state index is -0.553. The zero-order valence-corrected chi connectivity index (χ0v) is 15.6. The molecule has 1 saturated carbocycles. The first-order chi connectivity index (χ1) is 12.4. The second-order valence-corrected chi connectivity index (χ2v) is 8.29. The maximum Gasteiger partial charge on any atom is 0.333 e. The van der Waals surface area contributed by atoms with Gasteiger partial charge in [0, 0.05) is 23.0 Å². The molecule has 0 bridgehead atoms. The molecule has 2 fully saturated rings. The molecule has 5 atom stereocenters. The molecule has 26 heavy (non-hydrogen) atoms. The molecule has 1 aromatic heterocycles. The normalized spacial score (nSPS) is 39.3. The van der Waals surface area contributed by atoms with Crippen molar-refractivity contribution in [1.29, 1.82) is 0 Å². The number of fused-ring (bicyclic) bond motifs is 2. The van der Waals surface area contributed by atoms with Gasteiger partial charge in [-0.25, -0.2) is 4.79 Å². The third kappa shape index (κ3) is 2.22. The molecule has 1 aliphatic heterocycles. The van der Waals surface area contributed by atoms with Crippen LogP contribution < -0.4 is 0 Å². The highest BCUT2D eigenvalue weighted by Gasteiger charge is 2.65. The Morgan fingerprint density at radius 2 is 2.15 bits per heavy atom. The molecule has 1 saturated heterocycles. The van der Waals surface area contributed by atoms with Crippen molar-refractivity contribution in [3.63, 3.8) is 0 Å². The van der Waals surface area contributed by atoms with Crippen molar-refractivity contribution in [3.8, 4) is 0 Å². The summed E-state index contributed by atoms with van der Waals surface area (Å²) in [5.41, 5.74) is 0.751. The first-order valence-electron chi connectivity index (χ1n) is 9.45. The van der Waals surface area contributed by atoms with Crippen LogP contribution >= 0.6 is 0 Å². The topological polar surface area (TPSA) is 65.7 Å². The summed E-state index contributed by atoms with van der Waals surface area (Å²) in [6.45, 7) is 4.29. The second kappa shape index (κ2) is 6.00. The Bertz CT molecular complexity index is 748. The molecule has 0 N–H and O–H groups in total. The van der Waals surface area contributed by atoms with E-state index in [0.29, 0.717) is 6.42 Å². The van der Waals surface area contributed by atoms with Gasteiger partial charge in [-0.05, 0) is 43.6 Å². The highest BCUT2D eigenvalue weighted by atomic mass is 16.6. The number of cyclic esters (lactones) is 1. The molecule has 0 aromatic carbocycles. The van der Waals surface area contributed by atoms with Gasteiger partial charge in [0.05, 0.1) is 25.1 Å². The van der Waals surface area contributed by atoms with Crippen LogP contribution in [0.25, 0.3) is 0 Å². The van der Waals surface area contributed by atoms with Crippen LogP contribution in [0.3, 0.4) is 0 Å². The number of carbonyl (C=O) groups excluding carboxylic acids is 2. The minimum absolute atomic E-state index is 0.0854. The highest BCUT2D eigenvalue weighted by Crippen LogP contribution is 2.65. The Labute approximate surface area is 153 Å². The van der Waals surface area contributed by atoms with E-state index < -0.39 is 5.41 Å². The molecule has 3 aliphatic rings. The molecule has 5 nitrogen and oxygen atoms in total. The predicted molar refractivity (Wildman–Crippen MR) is 93.9 cm³/mol. The molecule has 0 unspecified atom stereocenters. The van der Waals surface area contributed by atoms with Gasteiger partial charge in [-0.3, -0.25) is 4.79 Å². The lowest BCUT2D eigenvalue weighted by Gasteiger charge is -2.55. The van der Waals surface area contributed by atoms with Crippen molar-refractivity contribution in [2.24, 2.45) is 22.7 Å². The number of ether oxygens (including phenoxy) is 2. The van der Waals surface area contributed by atoms with E-state index in [9.17, 15) is 9.59 Å². The molecule has 0 radical (unpaired) electrons. The highest BCUT2D eigenvalue weighted by molar-refractivity contribution is 5.91. The molecule has 2 aliphatic carbocycles. The van der Waals surface area contributed by atoms with E-state index >= 15 is 0 Å². The third-order valence-electron chi connectivity index (χ3n) is 7.26. The standard InChI is InChI=1S/C21H26O5/c1-13-7-9-20(2)15(18(22)24-3)5-4-6-17(20)21(13)11-16(26-19(21)23)14-8-10-25-12-14/h5,8,10,12-13,16-17H,4,6-7,9,11H2,1-3H3/t13-,16+,17-,20+,21-/m0/s1. The average Bonchev–Trinajstić information content (AvgIpc) is 3.27. The van der Waals surface area contributed by atoms with Gasteiger partial charge in [0.1, 0.15) is 6.10 Å². The summed E-state index contributed by atoms with van der Waals surface area (Å²) >= 11 is 0. The van der Waals surface area contributed by atoms with E-state index in [4.69, 9.17) is 13.9 Å². The van der Waals surface area contributed by atoms with Crippen LogP contribution in [0.15, 0.2) is 34.7 Å². The number of rotatable bonds is 2. The predicted octanol–water partition coefficient (Wildman–Crippen LogP) is 4.20. The van der Waals surface area contributed by atoms with Crippen molar-refractivity contribution in [3.05, 3.63) is 35.8 Å². The second-order valence-electron chi connectivity index (χ2n) is 8.29. The van der Waals surface area contributed by atoms with Crippen LogP contribution in [0.2, 0.25) is 0 Å². The van der Waals surface area contributed by atoms with Crippen molar-refractivity contribution < 1.29 is 23.5 Å². The van der Waals surface area contributed by atoms with E-state index in [-0.39, 0.29) is 35.3 Å². The van der Waals surface area contributed by atoms with Gasteiger partial charge in [-0.15, -0.1) is 0 Å². The number of allylic oxidation sites excluding steroid dienone is 1. The van der Waals surface area contributed by atoms with Crippen LogP contribution in [0.5, 0.6) is 0 Å². The van der Waals surface area contributed by atoms with Crippen molar-refractivity contribution in [1.82, 2.24) is 0 Å². The maximum absolute atomic E-state index is 13.2. The molecule has 4 rings (SSSR count). The SMILES string of the molecule is COC(=O)C1=CCC[C@@H]2[C@]3(C[C@H](c4ccoc4)OC3=O)[C@@H](C)CC[C@]12C. The molecule has 5 heteroatoms. The molecular weight excluding hydrogens is 332 g/mol. The molecule has 1 aromatic rings. The number of esters is 2. The molecular formula is C21H26O5. The Kier molecular flexibility index (Phi) is 4.01. The minimum Gasteiger partial charge on any atom is -0.472 e. The number of hydrogen-bond acceptors (Lipinski definition) is 5. The number of carbonyl (C=O) groups is 2. The Hall–Kier alpha value is -2.04. The Morgan fingerprint density at radius 1 is 1.35 bits per heavy atom. The van der Waals surface area contributed by atoms with Crippen LogP contribution in [-0.2, 0) is 19.1 Å². The summed E-state index contributed by atoms with van der Waals surface area (Å²) in [6, 6.07) is 1.87. The molecule has 140 valence electrons. The van der Waals surface area contributed by atoms with E-state index in [2.05, 4.69) is 13.8 Å². The Morgan fingerprint density at radius 3 is 2.85 bits per heavy atom. The van der Waals surface area contributed by atoms with Crippen molar-refractivity contribution in [2.75, 3.05) is 7.11 Å². The first kappa shape index (κ1) is 17.4. The maximum atomic E-state index is 13.2. The number of methoxy groups -OCH3 is 1. The zero-order chi connectivity index (χ0) is 18.5. The quantitative estimate of drug-likeness (QED) is 0.741. The van der Waals surface area contributed by atoms with Crippen molar-refractivity contribution >= 4 is 11.9 Å². The van der Waals surface area contributed by atoms with E-state index in [1.54, 1.807) is 12.5 Å². The summed E-state index contributed by atoms with van der Waals surface area (Å²) < 4.78 is 16.1. The van der Waals surface area contributed by atoms with Gasteiger partial charge in [0.15, 0.2) is 0 Å². The molecule has 0 amide bonds. The smallest absolute Gasteiger partial charge is 0.333 e. The van der Waals surface area contributed by atoms with Crippen LogP contribution in [0.1, 0.15) is 57.6 Å². The summed E-state index contributed by atoms with van der Waals surface area (Å²) in [4.78, 5) is 25.6. The van der Waals surface area contributed by atoms with Crippen LogP contribution in [0, 0.1) is 22.7 Å². The lowest BCUT2D eigenvalue weighted by Crippen LogP contribution is -2.54. The van der Waals surface area contributed by atoms with Gasteiger partial charge in [-0.1, -0.05) is 19.9 Å². The first-order valence-corrected chi connectivity index (χ1v) is 9.45. The van der Waals surface area contributed by atoms with Gasteiger partial charge in [0.2, 0.25) is 0 Å². The third-order valence-corrected chi connectivity index (χ3v) is 7.26. The van der Waals surface area contributed by atoms with E-state index in [0.717, 1.165) is 36.8 Å². The van der Waals surface area contributed by atoms with Gasteiger partial charge >= 0.3 is 11.9 Å². The monoisotopic (exact) mass is 358 g/mol. The van der Waals surface area contributed by atoms with Crippen LogP contribution in [-0.4, -0.2) is 19.0 Å². The Balaban J connectivity index is 1.75. The number of furan rings is 1. The fourth-order valence-electron chi connectivity index (χ4n) is 5.81.